The number of amides is 3. The van der Waals surface area contributed by atoms with Gasteiger partial charge < -0.3 is 24.5 Å². The fraction of sp³-hybridized carbons (Fsp3) is 0.452. The first-order valence-electron chi connectivity index (χ1n) is 15.3. The number of carbonyl (C=O) groups is 4. The Morgan fingerprint density at radius 2 is 1.70 bits per heavy atom. The van der Waals surface area contributed by atoms with Crippen LogP contribution in [0.2, 0.25) is 5.02 Å². The Bertz CT molecular complexity index is 1590. The van der Waals surface area contributed by atoms with E-state index in [1.807, 2.05) is 0 Å². The number of benzene rings is 2. The summed E-state index contributed by atoms with van der Waals surface area (Å²) < 4.78 is 6.83. The topological polar surface area (TPSA) is 154 Å². The minimum atomic E-state index is -1.26. The standard InChI is InChI=1S/C31H35ClN8O6/c1-46-24-9-7-22(8-10-24)36-12-13-37(28(41)18-36)23-5-2-20(3-6-23)16-27(31(44)45)39-15-14-38(29(42)30(39)43)26-17-21(32)4-11-25(26)40-19-33-34-35-40/h2-6,11,17,19,22,24,27H,7-10,12-16,18H2,1H3,(H,44,45). The summed E-state index contributed by atoms with van der Waals surface area (Å²) in [6.45, 7) is 1.76. The molecule has 3 aromatic rings. The Hall–Kier alpha value is -4.40. The van der Waals surface area contributed by atoms with Crippen LogP contribution >= 0.6 is 11.6 Å². The SMILES string of the molecule is COC1CCC(N2CCN(c3ccc(CC(C(=O)O)N4CCN(c5cc(Cl)ccc5-n5cnnn5)C(=O)C4=O)cc3)C(=O)C2)CC1. The molecule has 15 heteroatoms. The maximum absolute atomic E-state index is 13.3. The number of tetrazole rings is 1. The van der Waals surface area contributed by atoms with Gasteiger partial charge in [0.25, 0.3) is 0 Å². The first-order chi connectivity index (χ1) is 22.2. The predicted molar refractivity (Wildman–Crippen MR) is 167 cm³/mol. The number of anilines is 2. The average molecular weight is 651 g/mol. The predicted octanol–water partition coefficient (Wildman–Crippen LogP) is 1.79. The highest BCUT2D eigenvalue weighted by Gasteiger charge is 2.41. The fourth-order valence-corrected chi connectivity index (χ4v) is 6.81. The molecule has 46 heavy (non-hydrogen) atoms. The van der Waals surface area contributed by atoms with Gasteiger partial charge in [0.15, 0.2) is 0 Å². The molecule has 1 N–H and O–H groups in total. The van der Waals surface area contributed by atoms with Crippen LogP contribution in [0.15, 0.2) is 48.8 Å². The molecule has 6 rings (SSSR count). The van der Waals surface area contributed by atoms with Crippen molar-refractivity contribution in [1.82, 2.24) is 30.0 Å². The van der Waals surface area contributed by atoms with Gasteiger partial charge in [-0.25, -0.2) is 4.79 Å². The van der Waals surface area contributed by atoms with Crippen molar-refractivity contribution in [2.45, 2.75) is 50.3 Å². The lowest BCUT2D eigenvalue weighted by Gasteiger charge is -2.41. The van der Waals surface area contributed by atoms with Gasteiger partial charge in [-0.15, -0.1) is 5.10 Å². The number of methoxy groups -OCH3 is 1. The maximum atomic E-state index is 13.3. The lowest BCUT2D eigenvalue weighted by atomic mass is 9.91. The second-order valence-electron chi connectivity index (χ2n) is 11.7. The van der Waals surface area contributed by atoms with E-state index >= 15 is 0 Å². The molecule has 0 bridgehead atoms. The van der Waals surface area contributed by atoms with E-state index in [0.29, 0.717) is 47.2 Å². The molecule has 3 heterocycles. The number of carboxylic acids is 1. The summed E-state index contributed by atoms with van der Waals surface area (Å²) in [7, 11) is 1.75. The van der Waals surface area contributed by atoms with Crippen molar-refractivity contribution in [2.24, 2.45) is 0 Å². The molecule has 1 atom stereocenters. The molecule has 1 saturated carbocycles. The summed E-state index contributed by atoms with van der Waals surface area (Å²) in [5.74, 6) is -3.01. The zero-order chi connectivity index (χ0) is 32.4. The Morgan fingerprint density at radius 1 is 0.957 bits per heavy atom. The summed E-state index contributed by atoms with van der Waals surface area (Å²) in [4.78, 5) is 58.6. The number of piperazine rings is 2. The molecule has 3 fully saturated rings. The second-order valence-corrected chi connectivity index (χ2v) is 12.2. The zero-order valence-corrected chi connectivity index (χ0v) is 26.1. The largest absolute Gasteiger partial charge is 0.480 e. The van der Waals surface area contributed by atoms with E-state index in [2.05, 4.69) is 20.4 Å². The van der Waals surface area contributed by atoms with Gasteiger partial charge in [-0.05, 0) is 72.0 Å². The van der Waals surface area contributed by atoms with Crippen LogP contribution in [0.3, 0.4) is 0 Å². The van der Waals surface area contributed by atoms with Crippen LogP contribution < -0.4 is 9.80 Å². The number of aromatic nitrogens is 4. The van der Waals surface area contributed by atoms with Gasteiger partial charge in [-0.3, -0.25) is 19.3 Å². The molecule has 2 aliphatic heterocycles. The molecule has 14 nitrogen and oxygen atoms in total. The third-order valence-corrected chi connectivity index (χ3v) is 9.39. The van der Waals surface area contributed by atoms with Crippen molar-refractivity contribution < 1.29 is 29.0 Å². The van der Waals surface area contributed by atoms with Crippen molar-refractivity contribution in [3.8, 4) is 5.69 Å². The number of ether oxygens (including phenoxy) is 1. The van der Waals surface area contributed by atoms with Crippen LogP contribution in [0.4, 0.5) is 11.4 Å². The van der Waals surface area contributed by atoms with Crippen molar-refractivity contribution in [2.75, 3.05) is 49.6 Å². The molecule has 0 spiro atoms. The number of hydrogen-bond acceptors (Lipinski definition) is 9. The lowest BCUT2D eigenvalue weighted by molar-refractivity contribution is -0.155. The molecule has 242 valence electrons. The van der Waals surface area contributed by atoms with Crippen molar-refractivity contribution in [3.63, 3.8) is 0 Å². The van der Waals surface area contributed by atoms with Gasteiger partial charge in [-0.1, -0.05) is 23.7 Å². The fourth-order valence-electron chi connectivity index (χ4n) is 6.64. The Balaban J connectivity index is 1.10. The average Bonchev–Trinajstić information content (AvgIpc) is 3.60. The Labute approximate surface area is 270 Å². The smallest absolute Gasteiger partial charge is 0.326 e. The molecular weight excluding hydrogens is 616 g/mol. The highest BCUT2D eigenvalue weighted by atomic mass is 35.5. The molecule has 1 unspecified atom stereocenters. The summed E-state index contributed by atoms with van der Waals surface area (Å²) in [6, 6.07) is 11.0. The van der Waals surface area contributed by atoms with Gasteiger partial charge in [0, 0.05) is 56.5 Å². The molecule has 2 saturated heterocycles. The summed E-state index contributed by atoms with van der Waals surface area (Å²) in [5.41, 5.74) is 2.17. The number of rotatable bonds is 9. The van der Waals surface area contributed by atoms with Crippen molar-refractivity contribution in [3.05, 3.63) is 59.4 Å². The lowest BCUT2D eigenvalue weighted by Crippen LogP contribution is -2.59. The van der Waals surface area contributed by atoms with Crippen LogP contribution in [-0.4, -0.2) is 117 Å². The Morgan fingerprint density at radius 3 is 2.35 bits per heavy atom. The maximum Gasteiger partial charge on any atom is 0.326 e. The van der Waals surface area contributed by atoms with Crippen LogP contribution in [0, 0.1) is 0 Å². The van der Waals surface area contributed by atoms with Crippen LogP contribution in [0.5, 0.6) is 0 Å². The first-order valence-corrected chi connectivity index (χ1v) is 15.7. The van der Waals surface area contributed by atoms with E-state index in [9.17, 15) is 24.3 Å². The molecule has 0 radical (unpaired) electrons. The molecule has 1 aliphatic carbocycles. The third kappa shape index (κ3) is 6.46. The molecule has 3 aliphatic rings. The number of hydrogen-bond donors (Lipinski definition) is 1. The van der Waals surface area contributed by atoms with E-state index in [0.717, 1.165) is 42.8 Å². The van der Waals surface area contributed by atoms with Crippen LogP contribution in [0.25, 0.3) is 5.69 Å². The number of aliphatic carboxylic acids is 1. The second kappa shape index (κ2) is 13.5. The quantitative estimate of drug-likeness (QED) is 0.339. The molecule has 3 amide bonds. The van der Waals surface area contributed by atoms with Gasteiger partial charge in [0.1, 0.15) is 12.4 Å². The highest BCUT2D eigenvalue weighted by molar-refractivity contribution is 6.41. The summed E-state index contributed by atoms with van der Waals surface area (Å²) in [6.07, 6.45) is 5.72. The van der Waals surface area contributed by atoms with E-state index in [1.165, 1.54) is 22.0 Å². The number of carboxylic acid groups (broad SMARTS) is 1. The van der Waals surface area contributed by atoms with Gasteiger partial charge in [-0.2, -0.15) is 4.68 Å². The highest BCUT2D eigenvalue weighted by Crippen LogP contribution is 2.30. The zero-order valence-electron chi connectivity index (χ0n) is 25.4. The van der Waals surface area contributed by atoms with Crippen LogP contribution in [0.1, 0.15) is 31.2 Å². The van der Waals surface area contributed by atoms with E-state index in [-0.39, 0.29) is 25.4 Å². The van der Waals surface area contributed by atoms with Gasteiger partial charge >= 0.3 is 17.8 Å². The monoisotopic (exact) mass is 650 g/mol. The van der Waals surface area contributed by atoms with Crippen molar-refractivity contribution in [1.29, 1.82) is 0 Å². The van der Waals surface area contributed by atoms with Crippen LogP contribution in [-0.2, 0) is 30.3 Å². The molecule has 2 aromatic carbocycles. The normalized spacial score (nSPS) is 22.0. The van der Waals surface area contributed by atoms with Gasteiger partial charge in [0.2, 0.25) is 5.91 Å². The van der Waals surface area contributed by atoms with Gasteiger partial charge in [0.05, 0.1) is 24.0 Å². The Kier molecular flexibility index (Phi) is 9.29. The minimum absolute atomic E-state index is 0.00640. The van der Waals surface area contributed by atoms with Crippen molar-refractivity contribution >= 4 is 46.7 Å². The third-order valence-electron chi connectivity index (χ3n) is 9.16. The van der Waals surface area contributed by atoms with E-state index in [4.69, 9.17) is 16.3 Å². The first kappa shape index (κ1) is 31.6. The molecular formula is C31H35ClN8O6. The number of carbonyl (C=O) groups excluding carboxylic acids is 3. The molecule has 1 aromatic heterocycles. The summed E-state index contributed by atoms with van der Waals surface area (Å²) in [5, 5.41) is 21.6. The minimum Gasteiger partial charge on any atom is -0.480 e. The number of halogens is 1. The van der Waals surface area contributed by atoms with E-state index < -0.39 is 23.8 Å². The summed E-state index contributed by atoms with van der Waals surface area (Å²) >= 11 is 6.21. The number of nitrogens with zero attached hydrogens (tertiary/aromatic N) is 8. The van der Waals surface area contributed by atoms with E-state index in [1.54, 1.807) is 48.4 Å².